The Bertz CT molecular complexity index is 626. The molecule has 2 aromatic rings. The first-order chi connectivity index (χ1) is 9.95. The Morgan fingerprint density at radius 2 is 1.81 bits per heavy atom. The van der Waals surface area contributed by atoms with Crippen LogP contribution in [0.3, 0.4) is 0 Å². The highest BCUT2D eigenvalue weighted by molar-refractivity contribution is 7.19. The Hall–Kier alpha value is -0.740. The summed E-state index contributed by atoms with van der Waals surface area (Å²) in [5.74, 6) is 0.454. The predicted molar refractivity (Wildman–Crippen MR) is 82.0 cm³/mol. The van der Waals surface area contributed by atoms with Crippen LogP contribution in [-0.4, -0.2) is 0 Å². The average molecular weight is 333 g/mol. The number of hydrogen-bond acceptors (Lipinski definition) is 1. The first kappa shape index (κ1) is 15.2. The molecule has 0 radical (unpaired) electrons. The molecule has 1 aromatic carbocycles. The van der Waals surface area contributed by atoms with E-state index in [0.29, 0.717) is 10.6 Å². The van der Waals surface area contributed by atoms with Crippen LogP contribution in [0.15, 0.2) is 24.3 Å². The van der Waals surface area contributed by atoms with Crippen molar-refractivity contribution in [3.63, 3.8) is 0 Å². The lowest BCUT2D eigenvalue weighted by Crippen LogP contribution is -2.11. The zero-order chi connectivity index (χ0) is 15.0. The molecular weight excluding hydrogens is 317 g/mol. The topological polar surface area (TPSA) is 0 Å². The van der Waals surface area contributed by atoms with Gasteiger partial charge in [0, 0.05) is 9.58 Å². The van der Waals surface area contributed by atoms with Gasteiger partial charge in [-0.1, -0.05) is 25.3 Å². The molecule has 0 amide bonds. The van der Waals surface area contributed by atoms with Crippen LogP contribution in [0.25, 0.3) is 10.1 Å². The van der Waals surface area contributed by atoms with Crippen LogP contribution in [0.4, 0.5) is 13.2 Å². The van der Waals surface area contributed by atoms with Crippen LogP contribution in [0.5, 0.6) is 0 Å². The second-order valence-electron chi connectivity index (χ2n) is 5.70. The van der Waals surface area contributed by atoms with Gasteiger partial charge < -0.3 is 0 Å². The molecule has 0 nitrogen and oxygen atoms in total. The number of hydrogen-bond donors (Lipinski definition) is 0. The fourth-order valence-corrected chi connectivity index (χ4v) is 4.65. The lowest BCUT2D eigenvalue weighted by Gasteiger charge is -2.25. The first-order valence-corrected chi connectivity index (χ1v) is 8.45. The second kappa shape index (κ2) is 5.81. The average Bonchev–Trinajstić information content (AvgIpc) is 2.89. The van der Waals surface area contributed by atoms with Crippen LogP contribution in [-0.2, 0) is 6.18 Å². The van der Waals surface area contributed by atoms with Crippen molar-refractivity contribution in [2.75, 3.05) is 0 Å². The Kier molecular flexibility index (Phi) is 4.19. The normalized spacial score (nSPS) is 19.0. The van der Waals surface area contributed by atoms with Crippen molar-refractivity contribution >= 4 is 33.0 Å². The lowest BCUT2D eigenvalue weighted by atomic mass is 9.86. The zero-order valence-electron chi connectivity index (χ0n) is 11.4. The molecule has 5 heteroatoms. The molecule has 0 spiro atoms. The Morgan fingerprint density at radius 1 is 1.10 bits per heavy atom. The number of halogens is 4. The van der Waals surface area contributed by atoms with Gasteiger partial charge >= 0.3 is 6.18 Å². The molecule has 1 heterocycles. The smallest absolute Gasteiger partial charge is 0.166 e. The molecule has 1 fully saturated rings. The van der Waals surface area contributed by atoms with E-state index in [0.717, 1.165) is 29.2 Å². The molecule has 1 unspecified atom stereocenters. The highest BCUT2D eigenvalue weighted by Gasteiger charge is 2.31. The predicted octanol–water partition coefficient (Wildman–Crippen LogP) is 6.78. The molecule has 3 rings (SSSR count). The monoisotopic (exact) mass is 332 g/mol. The zero-order valence-corrected chi connectivity index (χ0v) is 13.0. The van der Waals surface area contributed by atoms with E-state index >= 15 is 0 Å². The van der Waals surface area contributed by atoms with Crippen molar-refractivity contribution in [2.45, 2.75) is 43.7 Å². The Balaban J connectivity index is 1.89. The van der Waals surface area contributed by atoms with Gasteiger partial charge in [-0.15, -0.1) is 22.9 Å². The quantitative estimate of drug-likeness (QED) is 0.532. The molecule has 0 bridgehead atoms. The third kappa shape index (κ3) is 3.21. The molecule has 0 saturated heterocycles. The van der Waals surface area contributed by atoms with Crippen molar-refractivity contribution in [1.82, 2.24) is 0 Å². The van der Waals surface area contributed by atoms with Crippen LogP contribution >= 0.6 is 22.9 Å². The fourth-order valence-electron chi connectivity index (χ4n) is 3.02. The minimum atomic E-state index is -4.29. The molecular formula is C16H16ClF3S. The summed E-state index contributed by atoms with van der Waals surface area (Å²) in [5.41, 5.74) is -0.591. The number of fused-ring (bicyclic) bond motifs is 1. The maximum absolute atomic E-state index is 12.8. The van der Waals surface area contributed by atoms with Gasteiger partial charge in [0.25, 0.3) is 0 Å². The van der Waals surface area contributed by atoms with Gasteiger partial charge in [0.1, 0.15) is 0 Å². The molecule has 1 aliphatic rings. The Labute approximate surface area is 130 Å². The van der Waals surface area contributed by atoms with Gasteiger partial charge in [-0.05, 0) is 42.3 Å². The second-order valence-corrected chi connectivity index (χ2v) is 7.28. The molecule has 1 saturated carbocycles. The summed E-state index contributed by atoms with van der Waals surface area (Å²) in [6, 6.07) is 5.87. The Morgan fingerprint density at radius 3 is 2.48 bits per heavy atom. The van der Waals surface area contributed by atoms with Gasteiger partial charge in [0.15, 0.2) is 0 Å². The van der Waals surface area contributed by atoms with Crippen LogP contribution in [0.2, 0.25) is 0 Å². The number of benzene rings is 1. The molecule has 1 atom stereocenters. The van der Waals surface area contributed by atoms with Crippen LogP contribution in [0, 0.1) is 5.92 Å². The molecule has 1 aliphatic carbocycles. The van der Waals surface area contributed by atoms with Gasteiger partial charge in [-0.2, -0.15) is 13.2 Å². The molecule has 21 heavy (non-hydrogen) atoms. The fraction of sp³-hybridized carbons (Fsp3) is 0.500. The van der Waals surface area contributed by atoms with E-state index < -0.39 is 11.7 Å². The lowest BCUT2D eigenvalue weighted by molar-refractivity contribution is -0.137. The number of thiophene rings is 1. The van der Waals surface area contributed by atoms with E-state index in [9.17, 15) is 13.2 Å². The molecule has 114 valence electrons. The minimum absolute atomic E-state index is 0.0722. The van der Waals surface area contributed by atoms with Crippen molar-refractivity contribution < 1.29 is 13.2 Å². The number of rotatable bonds is 2. The van der Waals surface area contributed by atoms with Crippen molar-refractivity contribution in [2.24, 2.45) is 5.92 Å². The molecule has 0 N–H and O–H groups in total. The van der Waals surface area contributed by atoms with Crippen molar-refractivity contribution in [3.05, 3.63) is 34.7 Å². The summed E-state index contributed by atoms with van der Waals surface area (Å²) >= 11 is 7.97. The summed E-state index contributed by atoms with van der Waals surface area (Å²) in [4.78, 5) is 0.998. The summed E-state index contributed by atoms with van der Waals surface area (Å²) in [7, 11) is 0. The van der Waals surface area contributed by atoms with Crippen LogP contribution < -0.4 is 0 Å². The maximum Gasteiger partial charge on any atom is 0.416 e. The standard InChI is InChI=1S/C16H16ClF3S/c17-15(10-4-2-1-3-5-10)14-8-11-6-7-12(16(18,19)20)9-13(11)21-14/h6-10,15H,1-5H2. The van der Waals surface area contributed by atoms with Gasteiger partial charge in [0.2, 0.25) is 0 Å². The highest BCUT2D eigenvalue weighted by Crippen LogP contribution is 2.43. The van der Waals surface area contributed by atoms with Gasteiger partial charge in [-0.3, -0.25) is 0 Å². The van der Waals surface area contributed by atoms with Gasteiger partial charge in [-0.25, -0.2) is 0 Å². The van der Waals surface area contributed by atoms with E-state index in [-0.39, 0.29) is 5.38 Å². The molecule has 1 aromatic heterocycles. The van der Waals surface area contributed by atoms with E-state index in [1.165, 1.54) is 36.7 Å². The SMILES string of the molecule is FC(F)(F)c1ccc2cc(C(Cl)C3CCCCC3)sc2c1. The van der Waals surface area contributed by atoms with E-state index in [4.69, 9.17) is 11.6 Å². The largest absolute Gasteiger partial charge is 0.416 e. The third-order valence-corrected chi connectivity index (χ3v) is 6.10. The third-order valence-electron chi connectivity index (χ3n) is 4.20. The van der Waals surface area contributed by atoms with Crippen molar-refractivity contribution in [1.29, 1.82) is 0 Å². The van der Waals surface area contributed by atoms with E-state index in [2.05, 4.69) is 0 Å². The van der Waals surface area contributed by atoms with Gasteiger partial charge in [0.05, 0.1) is 10.9 Å². The van der Waals surface area contributed by atoms with E-state index in [1.54, 1.807) is 6.07 Å². The number of alkyl halides is 4. The maximum atomic E-state index is 12.8. The summed E-state index contributed by atoms with van der Waals surface area (Å²) < 4.78 is 38.9. The first-order valence-electron chi connectivity index (χ1n) is 7.20. The van der Waals surface area contributed by atoms with Crippen molar-refractivity contribution in [3.8, 4) is 0 Å². The minimum Gasteiger partial charge on any atom is -0.166 e. The summed E-state index contributed by atoms with van der Waals surface area (Å²) in [5, 5.41) is 0.779. The van der Waals surface area contributed by atoms with E-state index in [1.807, 2.05) is 6.07 Å². The summed E-state index contributed by atoms with van der Waals surface area (Å²) in [6.07, 6.45) is 1.63. The van der Waals surface area contributed by atoms with Crippen LogP contribution in [0.1, 0.15) is 47.9 Å². The highest BCUT2D eigenvalue weighted by atomic mass is 35.5. The summed E-state index contributed by atoms with van der Waals surface area (Å²) in [6.45, 7) is 0. The molecule has 0 aliphatic heterocycles.